The van der Waals surface area contributed by atoms with Crippen LogP contribution in [0.15, 0.2) is 5.16 Å². The van der Waals surface area contributed by atoms with E-state index >= 15 is 0 Å². The third-order valence-electron chi connectivity index (χ3n) is 1.91. The van der Waals surface area contributed by atoms with Crippen molar-refractivity contribution < 1.29 is 5.21 Å². The first kappa shape index (κ1) is 7.50. The van der Waals surface area contributed by atoms with Crippen molar-refractivity contribution in [1.82, 2.24) is 5.43 Å². The van der Waals surface area contributed by atoms with E-state index in [1.165, 1.54) is 0 Å². The lowest BCUT2D eigenvalue weighted by molar-refractivity contribution is 0.310. The molecule has 0 bridgehead atoms. The van der Waals surface area contributed by atoms with Crippen molar-refractivity contribution in [3.8, 4) is 0 Å². The SMILES string of the molecule is NNC1CCCC/C1=N/O. The second-order valence-corrected chi connectivity index (χ2v) is 2.56. The molecule has 0 radical (unpaired) electrons. The van der Waals surface area contributed by atoms with Crippen molar-refractivity contribution in [2.24, 2.45) is 11.0 Å². The van der Waals surface area contributed by atoms with Gasteiger partial charge in [-0.25, -0.2) is 0 Å². The lowest BCUT2D eigenvalue weighted by Crippen LogP contribution is -2.43. The van der Waals surface area contributed by atoms with Gasteiger partial charge in [-0.1, -0.05) is 11.6 Å². The highest BCUT2D eigenvalue weighted by atomic mass is 16.4. The van der Waals surface area contributed by atoms with Crippen LogP contribution in [0.2, 0.25) is 0 Å². The molecule has 0 spiro atoms. The molecule has 1 unspecified atom stereocenters. The van der Waals surface area contributed by atoms with E-state index in [2.05, 4.69) is 10.6 Å². The summed E-state index contributed by atoms with van der Waals surface area (Å²) in [5.41, 5.74) is 3.40. The molecule has 0 aromatic heterocycles. The number of hydrogen-bond acceptors (Lipinski definition) is 4. The van der Waals surface area contributed by atoms with Gasteiger partial charge in [-0.05, 0) is 19.3 Å². The van der Waals surface area contributed by atoms with E-state index in [9.17, 15) is 0 Å². The van der Waals surface area contributed by atoms with Gasteiger partial charge in [0.25, 0.3) is 0 Å². The van der Waals surface area contributed by atoms with E-state index in [-0.39, 0.29) is 6.04 Å². The number of rotatable bonds is 1. The Morgan fingerprint density at radius 1 is 1.60 bits per heavy atom. The summed E-state index contributed by atoms with van der Waals surface area (Å²) in [6, 6.07) is 0.0961. The topological polar surface area (TPSA) is 70.6 Å². The van der Waals surface area contributed by atoms with Gasteiger partial charge in [-0.2, -0.15) is 0 Å². The first-order chi connectivity index (χ1) is 4.88. The monoisotopic (exact) mass is 143 g/mol. The summed E-state index contributed by atoms with van der Waals surface area (Å²) in [6.07, 6.45) is 4.12. The zero-order valence-corrected chi connectivity index (χ0v) is 5.88. The molecular weight excluding hydrogens is 130 g/mol. The molecule has 0 aromatic carbocycles. The first-order valence-corrected chi connectivity index (χ1v) is 3.55. The number of oxime groups is 1. The van der Waals surface area contributed by atoms with Gasteiger partial charge < -0.3 is 5.21 Å². The molecule has 4 heteroatoms. The molecule has 58 valence electrons. The zero-order valence-electron chi connectivity index (χ0n) is 5.88. The van der Waals surface area contributed by atoms with Gasteiger partial charge in [-0.3, -0.25) is 11.3 Å². The predicted octanol–water partition coefficient (Wildman–Crippen LogP) is 0.222. The molecule has 0 saturated heterocycles. The number of nitrogens with zero attached hydrogens (tertiary/aromatic N) is 1. The maximum absolute atomic E-state index is 8.48. The second-order valence-electron chi connectivity index (χ2n) is 2.56. The van der Waals surface area contributed by atoms with Crippen LogP contribution in [-0.2, 0) is 0 Å². The maximum atomic E-state index is 8.48. The molecule has 1 rings (SSSR count). The third kappa shape index (κ3) is 1.46. The van der Waals surface area contributed by atoms with Gasteiger partial charge in [0.05, 0.1) is 11.8 Å². The molecule has 1 fully saturated rings. The highest BCUT2D eigenvalue weighted by Gasteiger charge is 2.18. The Labute approximate surface area is 60.1 Å². The highest BCUT2D eigenvalue weighted by Crippen LogP contribution is 2.14. The Bertz CT molecular complexity index is 135. The third-order valence-corrected chi connectivity index (χ3v) is 1.91. The summed E-state index contributed by atoms with van der Waals surface area (Å²) in [5.74, 6) is 5.23. The minimum atomic E-state index is 0.0961. The van der Waals surface area contributed by atoms with Crippen molar-refractivity contribution in [3.63, 3.8) is 0 Å². The van der Waals surface area contributed by atoms with Crippen molar-refractivity contribution in [1.29, 1.82) is 0 Å². The average Bonchev–Trinajstić information content (AvgIpc) is 2.04. The second kappa shape index (κ2) is 3.53. The first-order valence-electron chi connectivity index (χ1n) is 3.55. The van der Waals surface area contributed by atoms with Crippen molar-refractivity contribution >= 4 is 5.71 Å². The van der Waals surface area contributed by atoms with E-state index in [0.717, 1.165) is 31.4 Å². The number of hydrazine groups is 1. The van der Waals surface area contributed by atoms with E-state index in [1.54, 1.807) is 0 Å². The van der Waals surface area contributed by atoms with Crippen LogP contribution in [0.3, 0.4) is 0 Å². The maximum Gasteiger partial charge on any atom is 0.0753 e. The van der Waals surface area contributed by atoms with Gasteiger partial charge in [0.15, 0.2) is 0 Å². The van der Waals surface area contributed by atoms with Gasteiger partial charge in [0.1, 0.15) is 0 Å². The Morgan fingerprint density at radius 2 is 2.40 bits per heavy atom. The van der Waals surface area contributed by atoms with Crippen LogP contribution in [0.25, 0.3) is 0 Å². The lowest BCUT2D eigenvalue weighted by atomic mass is 9.94. The van der Waals surface area contributed by atoms with Crippen molar-refractivity contribution in [2.75, 3.05) is 0 Å². The molecule has 1 aliphatic rings. The zero-order chi connectivity index (χ0) is 7.40. The fourth-order valence-electron chi connectivity index (χ4n) is 1.29. The normalized spacial score (nSPS) is 30.9. The van der Waals surface area contributed by atoms with Crippen LogP contribution in [0.4, 0.5) is 0 Å². The molecule has 0 amide bonds. The molecule has 0 aliphatic heterocycles. The van der Waals surface area contributed by atoms with Crippen LogP contribution in [-0.4, -0.2) is 17.0 Å². The summed E-state index contributed by atoms with van der Waals surface area (Å²) in [5, 5.41) is 11.7. The minimum Gasteiger partial charge on any atom is -0.411 e. The van der Waals surface area contributed by atoms with Crippen LogP contribution in [0.5, 0.6) is 0 Å². The summed E-state index contributed by atoms with van der Waals surface area (Å²) in [6.45, 7) is 0. The van der Waals surface area contributed by atoms with Gasteiger partial charge in [-0.15, -0.1) is 0 Å². The standard InChI is InChI=1S/C6H13N3O/c7-8-5-3-1-2-4-6(5)9-10/h5,8,10H,1-4,7H2/b9-6-. The quantitative estimate of drug-likeness (QED) is 0.279. The van der Waals surface area contributed by atoms with E-state index < -0.39 is 0 Å². The van der Waals surface area contributed by atoms with Gasteiger partial charge in [0.2, 0.25) is 0 Å². The van der Waals surface area contributed by atoms with E-state index in [1.807, 2.05) is 0 Å². The van der Waals surface area contributed by atoms with Crippen molar-refractivity contribution in [2.45, 2.75) is 31.7 Å². The predicted molar refractivity (Wildman–Crippen MR) is 38.8 cm³/mol. The summed E-state index contributed by atoms with van der Waals surface area (Å²) in [7, 11) is 0. The summed E-state index contributed by atoms with van der Waals surface area (Å²) < 4.78 is 0. The van der Waals surface area contributed by atoms with Gasteiger partial charge in [0, 0.05) is 0 Å². The Balaban J connectivity index is 2.50. The number of hydrogen-bond donors (Lipinski definition) is 3. The van der Waals surface area contributed by atoms with Crippen LogP contribution < -0.4 is 11.3 Å². The molecule has 10 heavy (non-hydrogen) atoms. The summed E-state index contributed by atoms with van der Waals surface area (Å²) >= 11 is 0. The molecule has 1 saturated carbocycles. The smallest absolute Gasteiger partial charge is 0.0753 e. The molecule has 4 N–H and O–H groups in total. The molecule has 1 aliphatic carbocycles. The number of nitrogens with two attached hydrogens (primary N) is 1. The Morgan fingerprint density at radius 3 is 2.90 bits per heavy atom. The largest absolute Gasteiger partial charge is 0.411 e. The highest BCUT2D eigenvalue weighted by molar-refractivity contribution is 5.89. The minimum absolute atomic E-state index is 0.0961. The fraction of sp³-hybridized carbons (Fsp3) is 0.833. The van der Waals surface area contributed by atoms with E-state index in [4.69, 9.17) is 11.0 Å². The fourth-order valence-corrected chi connectivity index (χ4v) is 1.29. The number of nitrogens with one attached hydrogen (secondary N) is 1. The molecule has 0 aromatic rings. The van der Waals surface area contributed by atoms with Crippen LogP contribution in [0.1, 0.15) is 25.7 Å². The lowest BCUT2D eigenvalue weighted by Gasteiger charge is -2.21. The van der Waals surface area contributed by atoms with Crippen LogP contribution in [0, 0.1) is 0 Å². The molecule has 0 heterocycles. The van der Waals surface area contributed by atoms with Gasteiger partial charge >= 0.3 is 0 Å². The molecule has 4 nitrogen and oxygen atoms in total. The molecule has 1 atom stereocenters. The molecular formula is C6H13N3O. The Hall–Kier alpha value is -0.610. The van der Waals surface area contributed by atoms with Crippen molar-refractivity contribution in [3.05, 3.63) is 0 Å². The average molecular weight is 143 g/mol. The Kier molecular flexibility index (Phi) is 2.65. The summed E-state index contributed by atoms with van der Waals surface area (Å²) in [4.78, 5) is 0. The van der Waals surface area contributed by atoms with Crippen LogP contribution >= 0.6 is 0 Å². The van der Waals surface area contributed by atoms with E-state index in [0.29, 0.717) is 0 Å².